The number of anilines is 1. The monoisotopic (exact) mass is 405 g/mol. The molecule has 30 heavy (non-hydrogen) atoms. The van der Waals surface area contributed by atoms with Crippen molar-refractivity contribution in [2.24, 2.45) is 5.10 Å². The fourth-order valence-corrected chi connectivity index (χ4v) is 3.61. The van der Waals surface area contributed by atoms with Crippen molar-refractivity contribution >= 4 is 23.6 Å². The number of aromatic nitrogens is 2. The average Bonchev–Trinajstić information content (AvgIpc) is 2.75. The van der Waals surface area contributed by atoms with Gasteiger partial charge in [0.2, 0.25) is 0 Å². The van der Waals surface area contributed by atoms with E-state index in [4.69, 9.17) is 9.72 Å². The Labute approximate surface area is 173 Å². The number of morpholine rings is 1. The van der Waals surface area contributed by atoms with Gasteiger partial charge in [0.15, 0.2) is 0 Å². The molecule has 3 heterocycles. The third kappa shape index (κ3) is 4.08. The van der Waals surface area contributed by atoms with Crippen molar-refractivity contribution in [1.82, 2.24) is 14.8 Å². The van der Waals surface area contributed by atoms with Crippen LogP contribution in [0.1, 0.15) is 29.8 Å². The Kier molecular flexibility index (Phi) is 5.58. The number of nitrogens with zero attached hydrogens (tertiary/aromatic N) is 4. The molecule has 0 saturated carbocycles. The molecule has 8 heteroatoms. The van der Waals surface area contributed by atoms with E-state index in [1.807, 2.05) is 30.9 Å². The Morgan fingerprint density at radius 1 is 1.13 bits per heavy atom. The summed E-state index contributed by atoms with van der Waals surface area (Å²) in [5.41, 5.74) is 3.58. The quantitative estimate of drug-likeness (QED) is 0.530. The Bertz CT molecular complexity index is 1130. The summed E-state index contributed by atoms with van der Waals surface area (Å²) in [6.45, 7) is 5.20. The van der Waals surface area contributed by atoms with E-state index < -0.39 is 0 Å². The van der Waals surface area contributed by atoms with Gasteiger partial charge in [0.05, 0.1) is 18.4 Å². The summed E-state index contributed by atoms with van der Waals surface area (Å²) in [7, 11) is 0. The summed E-state index contributed by atoms with van der Waals surface area (Å²) < 4.78 is 7.28. The van der Waals surface area contributed by atoms with Crippen LogP contribution in [-0.2, 0) is 4.74 Å². The SMILES string of the molecule is CC1CN(c2nc3ccccn3c(=O)c2C=NNC(=O)c2ccccc2)CC(C)O1. The molecule has 1 amide bonds. The molecule has 1 aliphatic heterocycles. The minimum absolute atomic E-state index is 0.00680. The highest BCUT2D eigenvalue weighted by atomic mass is 16.5. The average molecular weight is 405 g/mol. The number of fused-ring (bicyclic) bond motifs is 1. The van der Waals surface area contributed by atoms with Crippen molar-refractivity contribution in [3.05, 3.63) is 76.2 Å². The van der Waals surface area contributed by atoms with Crippen LogP contribution < -0.4 is 15.9 Å². The first-order valence-corrected chi connectivity index (χ1v) is 9.83. The number of carbonyl (C=O) groups excluding carboxylic acids is 1. The number of pyridine rings is 1. The smallest absolute Gasteiger partial charge is 0.271 e. The third-order valence-electron chi connectivity index (χ3n) is 4.86. The molecule has 0 spiro atoms. The normalized spacial score (nSPS) is 19.3. The fraction of sp³-hybridized carbons (Fsp3) is 0.273. The topological polar surface area (TPSA) is 88.3 Å². The van der Waals surface area contributed by atoms with Crippen LogP contribution in [0, 0.1) is 0 Å². The van der Waals surface area contributed by atoms with Crippen LogP contribution in [0.3, 0.4) is 0 Å². The van der Waals surface area contributed by atoms with Crippen LogP contribution >= 0.6 is 0 Å². The lowest BCUT2D eigenvalue weighted by Crippen LogP contribution is -2.47. The van der Waals surface area contributed by atoms with Crippen LogP contribution in [0.2, 0.25) is 0 Å². The predicted molar refractivity (Wildman–Crippen MR) is 115 cm³/mol. The Balaban J connectivity index is 1.71. The van der Waals surface area contributed by atoms with Gasteiger partial charge in [-0.2, -0.15) is 5.10 Å². The van der Waals surface area contributed by atoms with Gasteiger partial charge in [0.25, 0.3) is 11.5 Å². The molecule has 1 aliphatic rings. The number of ether oxygens (including phenoxy) is 1. The molecular formula is C22H23N5O3. The molecule has 0 radical (unpaired) electrons. The second-order valence-electron chi connectivity index (χ2n) is 7.31. The van der Waals surface area contributed by atoms with E-state index in [0.29, 0.717) is 35.7 Å². The number of hydrogen-bond acceptors (Lipinski definition) is 6. The summed E-state index contributed by atoms with van der Waals surface area (Å²) in [4.78, 5) is 32.2. The summed E-state index contributed by atoms with van der Waals surface area (Å²) in [6.07, 6.45) is 3.05. The van der Waals surface area contributed by atoms with Crippen molar-refractivity contribution < 1.29 is 9.53 Å². The first kappa shape index (κ1) is 19.8. The van der Waals surface area contributed by atoms with Gasteiger partial charge in [0, 0.05) is 24.8 Å². The molecule has 0 aliphatic carbocycles. The Hall–Kier alpha value is -3.52. The van der Waals surface area contributed by atoms with Gasteiger partial charge in [-0.1, -0.05) is 24.3 Å². The lowest BCUT2D eigenvalue weighted by Gasteiger charge is -2.36. The molecule has 1 N–H and O–H groups in total. The zero-order chi connectivity index (χ0) is 21.1. The summed E-state index contributed by atoms with van der Waals surface area (Å²) >= 11 is 0. The number of hydrogen-bond donors (Lipinski definition) is 1. The van der Waals surface area contributed by atoms with E-state index in [-0.39, 0.29) is 23.7 Å². The van der Waals surface area contributed by atoms with Gasteiger partial charge in [-0.25, -0.2) is 10.4 Å². The number of rotatable bonds is 4. The van der Waals surface area contributed by atoms with E-state index in [9.17, 15) is 9.59 Å². The first-order valence-electron chi connectivity index (χ1n) is 9.83. The Morgan fingerprint density at radius 3 is 2.57 bits per heavy atom. The van der Waals surface area contributed by atoms with E-state index in [2.05, 4.69) is 10.5 Å². The predicted octanol–water partition coefficient (Wildman–Crippen LogP) is 2.07. The van der Waals surface area contributed by atoms with Gasteiger partial charge < -0.3 is 9.64 Å². The Morgan fingerprint density at radius 2 is 1.83 bits per heavy atom. The van der Waals surface area contributed by atoms with Crippen LogP contribution in [0.4, 0.5) is 5.82 Å². The van der Waals surface area contributed by atoms with Gasteiger partial charge >= 0.3 is 0 Å². The molecular weight excluding hydrogens is 382 g/mol. The van der Waals surface area contributed by atoms with Gasteiger partial charge in [-0.05, 0) is 38.1 Å². The van der Waals surface area contributed by atoms with Crippen LogP contribution in [-0.4, -0.2) is 46.8 Å². The van der Waals surface area contributed by atoms with Crippen LogP contribution in [0.15, 0.2) is 64.6 Å². The first-order chi connectivity index (χ1) is 14.5. The maximum Gasteiger partial charge on any atom is 0.271 e. The lowest BCUT2D eigenvalue weighted by molar-refractivity contribution is -0.00546. The molecule has 1 aromatic carbocycles. The molecule has 4 rings (SSSR count). The zero-order valence-corrected chi connectivity index (χ0v) is 16.9. The minimum Gasteiger partial charge on any atom is -0.372 e. The van der Waals surface area contributed by atoms with Gasteiger partial charge in [0.1, 0.15) is 17.0 Å². The molecule has 154 valence electrons. The largest absolute Gasteiger partial charge is 0.372 e. The maximum absolute atomic E-state index is 13.2. The van der Waals surface area contributed by atoms with Crippen molar-refractivity contribution in [2.45, 2.75) is 26.1 Å². The molecule has 0 bridgehead atoms. The highest BCUT2D eigenvalue weighted by molar-refractivity contribution is 5.95. The number of amides is 1. The number of benzene rings is 1. The standard InChI is InChI=1S/C22H23N5O3/c1-15-13-26(14-16(2)30-15)20-18(22(29)27-11-7-6-10-19(27)24-20)12-23-25-21(28)17-8-4-3-5-9-17/h3-12,15-16H,13-14H2,1-2H3,(H,25,28). The second-order valence-corrected chi connectivity index (χ2v) is 7.31. The number of carbonyl (C=O) groups is 1. The van der Waals surface area contributed by atoms with Crippen molar-refractivity contribution in [1.29, 1.82) is 0 Å². The summed E-state index contributed by atoms with van der Waals surface area (Å²) in [5, 5.41) is 4.04. The second kappa shape index (κ2) is 8.46. The molecule has 2 aromatic heterocycles. The van der Waals surface area contributed by atoms with E-state index >= 15 is 0 Å². The fourth-order valence-electron chi connectivity index (χ4n) is 3.61. The number of hydrazone groups is 1. The summed E-state index contributed by atoms with van der Waals surface area (Å²) in [5.74, 6) is 0.182. The molecule has 1 fully saturated rings. The molecule has 8 nitrogen and oxygen atoms in total. The molecule has 3 aromatic rings. The zero-order valence-electron chi connectivity index (χ0n) is 16.9. The molecule has 1 saturated heterocycles. The van der Waals surface area contributed by atoms with Crippen molar-refractivity contribution in [2.75, 3.05) is 18.0 Å². The highest BCUT2D eigenvalue weighted by Crippen LogP contribution is 2.20. The highest BCUT2D eigenvalue weighted by Gasteiger charge is 2.26. The van der Waals surface area contributed by atoms with E-state index in [0.717, 1.165) is 0 Å². The summed E-state index contributed by atoms with van der Waals surface area (Å²) in [6, 6.07) is 14.2. The number of nitrogens with one attached hydrogen (secondary N) is 1. The minimum atomic E-state index is -0.351. The van der Waals surface area contributed by atoms with Gasteiger partial charge in [-0.3, -0.25) is 14.0 Å². The maximum atomic E-state index is 13.2. The molecule has 2 unspecified atom stereocenters. The van der Waals surface area contributed by atoms with Crippen LogP contribution in [0.5, 0.6) is 0 Å². The third-order valence-corrected chi connectivity index (χ3v) is 4.86. The lowest BCUT2D eigenvalue weighted by atomic mass is 10.2. The van der Waals surface area contributed by atoms with Crippen molar-refractivity contribution in [3.63, 3.8) is 0 Å². The van der Waals surface area contributed by atoms with E-state index in [1.54, 1.807) is 42.6 Å². The van der Waals surface area contributed by atoms with Crippen molar-refractivity contribution in [3.8, 4) is 0 Å². The van der Waals surface area contributed by atoms with Gasteiger partial charge in [-0.15, -0.1) is 0 Å². The van der Waals surface area contributed by atoms with Crippen LogP contribution in [0.25, 0.3) is 5.65 Å². The molecule has 2 atom stereocenters. The van der Waals surface area contributed by atoms with E-state index in [1.165, 1.54) is 10.6 Å².